The van der Waals surface area contributed by atoms with Gasteiger partial charge < -0.3 is 9.64 Å². The van der Waals surface area contributed by atoms with Crippen LogP contribution in [0.15, 0.2) is 59.6 Å². The van der Waals surface area contributed by atoms with Crippen LogP contribution in [0.2, 0.25) is 0 Å². The first-order valence-corrected chi connectivity index (χ1v) is 9.40. The molecule has 5 heteroatoms. The first kappa shape index (κ1) is 17.5. The summed E-state index contributed by atoms with van der Waals surface area (Å²) in [6.07, 6.45) is 1.02. The van der Waals surface area contributed by atoms with E-state index in [1.54, 1.807) is 18.9 Å². The minimum atomic E-state index is 0.0646. The lowest BCUT2D eigenvalue weighted by Crippen LogP contribution is -2.33. The second kappa shape index (κ2) is 8.21. The number of hydrogen-bond donors (Lipinski definition) is 0. The van der Waals surface area contributed by atoms with Crippen molar-refractivity contribution in [2.75, 3.05) is 24.3 Å². The van der Waals surface area contributed by atoms with Gasteiger partial charge in [-0.2, -0.15) is 0 Å². The number of para-hydroxylation sites is 1. The topological polar surface area (TPSA) is 41.9 Å². The first-order chi connectivity index (χ1) is 12.2. The van der Waals surface area contributed by atoms with E-state index in [1.807, 2.05) is 59.5 Å². The zero-order valence-corrected chi connectivity index (χ0v) is 15.3. The lowest BCUT2D eigenvalue weighted by atomic mass is 10.1. The van der Waals surface area contributed by atoms with Gasteiger partial charge in [0, 0.05) is 17.0 Å². The number of ketones is 1. The molecule has 0 aliphatic carbocycles. The molecule has 0 saturated heterocycles. The summed E-state index contributed by atoms with van der Waals surface area (Å²) in [5, 5.41) is 0.930. The molecule has 0 amide bonds. The molecule has 0 bridgehead atoms. The van der Waals surface area contributed by atoms with Crippen molar-refractivity contribution in [1.82, 2.24) is 0 Å². The van der Waals surface area contributed by atoms with Crippen LogP contribution >= 0.6 is 11.8 Å². The van der Waals surface area contributed by atoms with Crippen LogP contribution in [0.5, 0.6) is 5.75 Å². The fraction of sp³-hybridized carbons (Fsp3) is 0.300. The van der Waals surface area contributed by atoms with E-state index < -0.39 is 0 Å². The van der Waals surface area contributed by atoms with Crippen LogP contribution in [-0.2, 0) is 0 Å². The average Bonchev–Trinajstić information content (AvgIpc) is 3.15. The smallest absolute Gasteiger partial charge is 0.182 e. The zero-order valence-electron chi connectivity index (χ0n) is 14.5. The molecule has 0 radical (unpaired) electrons. The number of nitrogens with zero attached hydrogens (tertiary/aromatic N) is 2. The van der Waals surface area contributed by atoms with E-state index >= 15 is 0 Å². The maximum Gasteiger partial charge on any atom is 0.182 e. The quantitative estimate of drug-likeness (QED) is 0.727. The molecule has 0 spiro atoms. The molecule has 2 aromatic rings. The SMILES string of the molecule is CC[C@@H]1CSC(N(CC(=O)c2ccc(OC)cc2)c2ccccc2)=N1. The molecule has 4 nitrogen and oxygen atoms in total. The third-order valence-electron chi connectivity index (χ3n) is 4.18. The lowest BCUT2D eigenvalue weighted by molar-refractivity contribution is 0.100. The number of Topliss-reactive ketones (excluding diaryl/α,β-unsaturated/α-hetero) is 1. The number of thioether (sulfide) groups is 1. The maximum absolute atomic E-state index is 12.8. The van der Waals surface area contributed by atoms with E-state index in [9.17, 15) is 4.79 Å². The number of methoxy groups -OCH3 is 1. The number of benzene rings is 2. The van der Waals surface area contributed by atoms with Crippen LogP contribution in [0.25, 0.3) is 0 Å². The van der Waals surface area contributed by atoms with E-state index in [4.69, 9.17) is 9.73 Å². The molecule has 1 atom stereocenters. The summed E-state index contributed by atoms with van der Waals surface area (Å²) in [6.45, 7) is 2.42. The van der Waals surface area contributed by atoms with Crippen molar-refractivity contribution in [1.29, 1.82) is 0 Å². The minimum absolute atomic E-state index is 0.0646. The van der Waals surface area contributed by atoms with Crippen molar-refractivity contribution in [3.05, 3.63) is 60.2 Å². The van der Waals surface area contributed by atoms with Gasteiger partial charge in [0.15, 0.2) is 11.0 Å². The Hall–Kier alpha value is -2.27. The van der Waals surface area contributed by atoms with Gasteiger partial charge in [0.25, 0.3) is 0 Å². The number of hydrogen-bond acceptors (Lipinski definition) is 5. The van der Waals surface area contributed by atoms with Gasteiger partial charge in [0.2, 0.25) is 0 Å². The summed E-state index contributed by atoms with van der Waals surface area (Å²) in [6, 6.07) is 17.6. The number of carbonyl (C=O) groups is 1. The summed E-state index contributed by atoms with van der Waals surface area (Å²) in [7, 11) is 1.62. The number of ether oxygens (including phenoxy) is 1. The van der Waals surface area contributed by atoms with Gasteiger partial charge in [0.1, 0.15) is 5.75 Å². The van der Waals surface area contributed by atoms with Crippen molar-refractivity contribution < 1.29 is 9.53 Å². The van der Waals surface area contributed by atoms with Crippen molar-refractivity contribution in [2.24, 2.45) is 4.99 Å². The average molecular weight is 354 g/mol. The van der Waals surface area contributed by atoms with E-state index in [0.717, 1.165) is 28.8 Å². The molecule has 2 aromatic carbocycles. The van der Waals surface area contributed by atoms with Crippen LogP contribution in [0.4, 0.5) is 5.69 Å². The molecule has 0 aromatic heterocycles. The first-order valence-electron chi connectivity index (χ1n) is 8.41. The lowest BCUT2D eigenvalue weighted by Gasteiger charge is -2.23. The van der Waals surface area contributed by atoms with Crippen LogP contribution in [-0.4, -0.2) is 36.4 Å². The highest BCUT2D eigenvalue weighted by Gasteiger charge is 2.24. The standard InChI is InChI=1S/C20H22N2O2S/c1-3-16-14-25-20(21-16)22(17-7-5-4-6-8-17)13-19(23)15-9-11-18(24-2)12-10-15/h4-12,16H,3,13-14H2,1-2H3/t16-/m1/s1. The number of anilines is 1. The predicted octanol–water partition coefficient (Wildman–Crippen LogP) is 4.27. The second-order valence-electron chi connectivity index (χ2n) is 5.86. The van der Waals surface area contributed by atoms with E-state index in [1.165, 1.54) is 0 Å². The molecule has 25 heavy (non-hydrogen) atoms. The van der Waals surface area contributed by atoms with E-state index in [-0.39, 0.29) is 12.3 Å². The normalized spacial score (nSPS) is 16.4. The van der Waals surface area contributed by atoms with Gasteiger partial charge in [-0.3, -0.25) is 9.79 Å². The number of rotatable bonds is 6. The van der Waals surface area contributed by atoms with Gasteiger partial charge in [-0.1, -0.05) is 36.9 Å². The van der Waals surface area contributed by atoms with Crippen molar-refractivity contribution in [2.45, 2.75) is 19.4 Å². The minimum Gasteiger partial charge on any atom is -0.497 e. The van der Waals surface area contributed by atoms with E-state index in [0.29, 0.717) is 11.6 Å². The molecule has 0 unspecified atom stereocenters. The molecule has 1 aliphatic rings. The largest absolute Gasteiger partial charge is 0.497 e. The molecule has 130 valence electrons. The molecule has 1 heterocycles. The molecular weight excluding hydrogens is 332 g/mol. The van der Waals surface area contributed by atoms with Crippen molar-refractivity contribution in [3.63, 3.8) is 0 Å². The Labute approximate surface area is 152 Å². The third-order valence-corrected chi connectivity index (χ3v) is 5.32. The molecule has 0 fully saturated rings. The fourth-order valence-corrected chi connectivity index (χ4v) is 3.85. The van der Waals surface area contributed by atoms with Crippen LogP contribution in [0.1, 0.15) is 23.7 Å². The van der Waals surface area contributed by atoms with Gasteiger partial charge in [-0.15, -0.1) is 0 Å². The molecular formula is C20H22N2O2S. The summed E-state index contributed by atoms with van der Waals surface area (Å²) >= 11 is 1.72. The van der Waals surface area contributed by atoms with Crippen molar-refractivity contribution in [3.8, 4) is 5.75 Å². The monoisotopic (exact) mass is 354 g/mol. The highest BCUT2D eigenvalue weighted by atomic mass is 32.2. The summed E-state index contributed by atoms with van der Waals surface area (Å²) in [5.74, 6) is 1.79. The summed E-state index contributed by atoms with van der Waals surface area (Å²) < 4.78 is 5.16. The Balaban J connectivity index is 1.83. The Morgan fingerprint density at radius 2 is 1.92 bits per heavy atom. The molecule has 3 rings (SSSR count). The summed E-state index contributed by atoms with van der Waals surface area (Å²) in [5.41, 5.74) is 1.67. The summed E-state index contributed by atoms with van der Waals surface area (Å²) in [4.78, 5) is 19.6. The zero-order chi connectivity index (χ0) is 17.6. The molecule has 1 aliphatic heterocycles. The second-order valence-corrected chi connectivity index (χ2v) is 6.85. The van der Waals surface area contributed by atoms with Crippen LogP contribution in [0, 0.1) is 0 Å². The Kier molecular flexibility index (Phi) is 5.76. The van der Waals surface area contributed by atoms with Gasteiger partial charge in [-0.05, 0) is 42.8 Å². The maximum atomic E-state index is 12.8. The van der Waals surface area contributed by atoms with Crippen LogP contribution in [0.3, 0.4) is 0 Å². The van der Waals surface area contributed by atoms with Gasteiger partial charge >= 0.3 is 0 Å². The van der Waals surface area contributed by atoms with Gasteiger partial charge in [0.05, 0.1) is 19.7 Å². The van der Waals surface area contributed by atoms with Crippen LogP contribution < -0.4 is 9.64 Å². The third kappa shape index (κ3) is 4.23. The highest BCUT2D eigenvalue weighted by molar-refractivity contribution is 8.14. The predicted molar refractivity (Wildman–Crippen MR) is 105 cm³/mol. The Morgan fingerprint density at radius 1 is 1.20 bits per heavy atom. The number of carbonyl (C=O) groups excluding carboxylic acids is 1. The van der Waals surface area contributed by atoms with E-state index in [2.05, 4.69) is 6.92 Å². The highest BCUT2D eigenvalue weighted by Crippen LogP contribution is 2.27. The Bertz CT molecular complexity index is 744. The Morgan fingerprint density at radius 3 is 2.52 bits per heavy atom. The van der Waals surface area contributed by atoms with Crippen molar-refractivity contribution >= 4 is 28.4 Å². The number of aliphatic imine (C=N–C) groups is 1. The molecule has 0 N–H and O–H groups in total. The number of amidine groups is 1. The molecule has 0 saturated carbocycles. The van der Waals surface area contributed by atoms with Gasteiger partial charge in [-0.25, -0.2) is 0 Å². The fourth-order valence-electron chi connectivity index (χ4n) is 2.65.